The number of hydrogen-bond acceptors (Lipinski definition) is 4. The summed E-state index contributed by atoms with van der Waals surface area (Å²) in [5, 5.41) is 0. The van der Waals surface area contributed by atoms with E-state index < -0.39 is 0 Å². The maximum absolute atomic E-state index is 11.8. The average Bonchev–Trinajstić information content (AvgIpc) is 3.03. The van der Waals surface area contributed by atoms with E-state index in [-0.39, 0.29) is 5.97 Å². The van der Waals surface area contributed by atoms with E-state index in [4.69, 9.17) is 9.47 Å². The van der Waals surface area contributed by atoms with Crippen LogP contribution < -0.4 is 9.47 Å². The van der Waals surface area contributed by atoms with Gasteiger partial charge in [-0.25, -0.2) is 0 Å². The number of likely N-dealkylation sites (tertiary alicyclic amines) is 1. The molecule has 1 saturated heterocycles. The molecule has 0 unspecified atom stereocenters. The molecule has 1 aliphatic rings. The molecular weight excluding hydrogens is 302 g/mol. The van der Waals surface area contributed by atoms with E-state index in [0.717, 1.165) is 29.8 Å². The first-order valence-electron chi connectivity index (χ1n) is 9.21. The molecule has 1 fully saturated rings. The summed E-state index contributed by atoms with van der Waals surface area (Å²) in [5.41, 5.74) is 2.04. The molecule has 0 amide bonds. The van der Waals surface area contributed by atoms with Crippen LogP contribution in [0.15, 0.2) is 12.1 Å². The molecule has 2 rings (SSSR count). The van der Waals surface area contributed by atoms with E-state index in [2.05, 4.69) is 18.7 Å². The van der Waals surface area contributed by atoms with Crippen LogP contribution in [0.3, 0.4) is 0 Å². The van der Waals surface area contributed by atoms with Gasteiger partial charge >= 0.3 is 5.97 Å². The van der Waals surface area contributed by atoms with Crippen LogP contribution in [0.4, 0.5) is 0 Å². The Morgan fingerprint density at radius 1 is 1.21 bits per heavy atom. The number of nitrogens with zero attached hydrogens (tertiary/aromatic N) is 1. The molecule has 0 atom stereocenters. The molecule has 4 heteroatoms. The third-order valence-electron chi connectivity index (χ3n) is 4.47. The van der Waals surface area contributed by atoms with E-state index in [1.807, 2.05) is 26.0 Å². The Morgan fingerprint density at radius 3 is 2.54 bits per heavy atom. The molecule has 0 aliphatic carbocycles. The molecule has 0 N–H and O–H groups in total. The Labute approximate surface area is 146 Å². The van der Waals surface area contributed by atoms with Gasteiger partial charge in [0.05, 0.1) is 0 Å². The molecule has 24 heavy (non-hydrogen) atoms. The predicted octanol–water partition coefficient (Wildman–Crippen LogP) is 4.30. The van der Waals surface area contributed by atoms with Gasteiger partial charge in [0, 0.05) is 18.5 Å². The number of rotatable bonds is 8. The van der Waals surface area contributed by atoms with Gasteiger partial charge in [0.2, 0.25) is 0 Å². The summed E-state index contributed by atoms with van der Waals surface area (Å²) in [6.45, 7) is 12.3. The Kier molecular flexibility index (Phi) is 7.10. The Bertz CT molecular complexity index is 548. The van der Waals surface area contributed by atoms with Crippen LogP contribution in [0.25, 0.3) is 0 Å². The summed E-state index contributed by atoms with van der Waals surface area (Å²) in [6, 6.07) is 3.98. The van der Waals surface area contributed by atoms with Gasteiger partial charge in [-0.15, -0.1) is 0 Å². The summed E-state index contributed by atoms with van der Waals surface area (Å²) in [6.07, 6.45) is 3.85. The lowest BCUT2D eigenvalue weighted by molar-refractivity contribution is -0.134. The molecule has 0 saturated carbocycles. The maximum atomic E-state index is 11.8. The average molecular weight is 333 g/mol. The fraction of sp³-hybridized carbons (Fsp3) is 0.650. The highest BCUT2D eigenvalue weighted by molar-refractivity contribution is 5.73. The lowest BCUT2D eigenvalue weighted by Gasteiger charge is -2.19. The van der Waals surface area contributed by atoms with Crippen molar-refractivity contribution in [2.45, 2.75) is 59.3 Å². The number of hydrogen-bond donors (Lipinski definition) is 0. The first kappa shape index (κ1) is 18.8. The molecule has 0 radical (unpaired) electrons. The molecule has 134 valence electrons. The first-order valence-corrected chi connectivity index (χ1v) is 9.21. The topological polar surface area (TPSA) is 38.8 Å². The summed E-state index contributed by atoms with van der Waals surface area (Å²) < 4.78 is 11.6. The zero-order chi connectivity index (χ0) is 17.5. The highest BCUT2D eigenvalue weighted by Gasteiger charge is 2.16. The maximum Gasteiger partial charge on any atom is 0.311 e. The third-order valence-corrected chi connectivity index (χ3v) is 4.47. The smallest absolute Gasteiger partial charge is 0.311 e. The zero-order valence-electron chi connectivity index (χ0n) is 15.6. The van der Waals surface area contributed by atoms with Gasteiger partial charge in [-0.05, 0) is 62.9 Å². The highest BCUT2D eigenvalue weighted by atomic mass is 16.5. The Balaban J connectivity index is 2.06. The lowest BCUT2D eigenvalue weighted by atomic mass is 10.00. The normalized spacial score (nSPS) is 15.0. The first-order chi connectivity index (χ1) is 11.5. The van der Waals surface area contributed by atoms with Crippen LogP contribution in [0, 0.1) is 6.92 Å². The van der Waals surface area contributed by atoms with Crippen LogP contribution in [-0.2, 0) is 4.79 Å². The molecule has 0 aromatic heterocycles. The monoisotopic (exact) mass is 333 g/mol. The minimum atomic E-state index is -0.169. The van der Waals surface area contributed by atoms with Gasteiger partial charge in [0.1, 0.15) is 18.1 Å². The second-order valence-electron chi connectivity index (χ2n) is 6.93. The quantitative estimate of drug-likeness (QED) is 0.525. The van der Waals surface area contributed by atoms with Crippen molar-refractivity contribution in [1.29, 1.82) is 0 Å². The summed E-state index contributed by atoms with van der Waals surface area (Å²) >= 11 is 0. The SMILES string of the molecule is CCCC(=O)Oc1cc(C(C)C)c(OCCN2CCCC2)cc1C. The zero-order valence-corrected chi connectivity index (χ0v) is 15.6. The van der Waals surface area contributed by atoms with Crippen LogP contribution in [0.5, 0.6) is 11.5 Å². The number of carbonyl (C=O) groups is 1. The van der Waals surface area contributed by atoms with Crippen molar-refractivity contribution in [2.75, 3.05) is 26.2 Å². The number of carbonyl (C=O) groups excluding carboxylic acids is 1. The van der Waals surface area contributed by atoms with E-state index in [9.17, 15) is 4.79 Å². The molecule has 0 spiro atoms. The van der Waals surface area contributed by atoms with Crippen LogP contribution in [0.2, 0.25) is 0 Å². The number of esters is 1. The molecular formula is C20H31NO3. The summed E-state index contributed by atoms with van der Waals surface area (Å²) in [7, 11) is 0. The molecule has 1 aliphatic heterocycles. The van der Waals surface area contributed by atoms with Gasteiger partial charge in [-0.3, -0.25) is 9.69 Å². The van der Waals surface area contributed by atoms with Crippen molar-refractivity contribution in [3.63, 3.8) is 0 Å². The fourth-order valence-electron chi connectivity index (χ4n) is 3.03. The number of ether oxygens (including phenoxy) is 2. The van der Waals surface area contributed by atoms with Gasteiger partial charge in [-0.2, -0.15) is 0 Å². The van der Waals surface area contributed by atoms with Crippen LogP contribution >= 0.6 is 0 Å². The largest absolute Gasteiger partial charge is 0.492 e. The second kappa shape index (κ2) is 9.07. The fourth-order valence-corrected chi connectivity index (χ4v) is 3.03. The predicted molar refractivity (Wildman–Crippen MR) is 97.0 cm³/mol. The number of aryl methyl sites for hydroxylation is 1. The minimum absolute atomic E-state index is 0.169. The molecule has 1 heterocycles. The van der Waals surface area contributed by atoms with E-state index in [1.54, 1.807) is 0 Å². The van der Waals surface area contributed by atoms with E-state index in [1.165, 1.54) is 25.9 Å². The van der Waals surface area contributed by atoms with Crippen molar-refractivity contribution < 1.29 is 14.3 Å². The lowest BCUT2D eigenvalue weighted by Crippen LogP contribution is -2.25. The van der Waals surface area contributed by atoms with Gasteiger partial charge in [-0.1, -0.05) is 20.8 Å². The molecule has 1 aromatic carbocycles. The second-order valence-corrected chi connectivity index (χ2v) is 6.93. The van der Waals surface area contributed by atoms with Crippen molar-refractivity contribution in [3.8, 4) is 11.5 Å². The molecule has 0 bridgehead atoms. The number of benzene rings is 1. The van der Waals surface area contributed by atoms with Crippen molar-refractivity contribution in [3.05, 3.63) is 23.3 Å². The Hall–Kier alpha value is -1.55. The van der Waals surface area contributed by atoms with E-state index >= 15 is 0 Å². The van der Waals surface area contributed by atoms with Gasteiger partial charge in [0.25, 0.3) is 0 Å². The third kappa shape index (κ3) is 5.23. The molecule has 1 aromatic rings. The van der Waals surface area contributed by atoms with Crippen LogP contribution in [-0.4, -0.2) is 37.1 Å². The van der Waals surface area contributed by atoms with Crippen molar-refractivity contribution in [1.82, 2.24) is 4.90 Å². The minimum Gasteiger partial charge on any atom is -0.492 e. The van der Waals surface area contributed by atoms with Gasteiger partial charge < -0.3 is 9.47 Å². The van der Waals surface area contributed by atoms with Gasteiger partial charge in [0.15, 0.2) is 0 Å². The highest BCUT2D eigenvalue weighted by Crippen LogP contribution is 2.33. The Morgan fingerprint density at radius 2 is 1.92 bits per heavy atom. The summed E-state index contributed by atoms with van der Waals surface area (Å²) in [5.74, 6) is 1.72. The standard InChI is InChI=1S/C20H31NO3/c1-5-8-20(22)24-18-14-17(15(2)3)19(13-16(18)4)23-12-11-21-9-6-7-10-21/h13-15H,5-12H2,1-4H3. The molecule has 4 nitrogen and oxygen atoms in total. The summed E-state index contributed by atoms with van der Waals surface area (Å²) in [4.78, 5) is 14.2. The van der Waals surface area contributed by atoms with Crippen molar-refractivity contribution >= 4 is 5.97 Å². The van der Waals surface area contributed by atoms with E-state index in [0.29, 0.717) is 24.7 Å². The van der Waals surface area contributed by atoms with Crippen molar-refractivity contribution in [2.24, 2.45) is 0 Å². The van der Waals surface area contributed by atoms with Crippen LogP contribution in [0.1, 0.15) is 63.5 Å².